The summed E-state index contributed by atoms with van der Waals surface area (Å²) in [6, 6.07) is 6.12. The summed E-state index contributed by atoms with van der Waals surface area (Å²) in [5.41, 5.74) is 4.02. The van der Waals surface area contributed by atoms with Crippen LogP contribution in [0.1, 0.15) is 24.8 Å². The van der Waals surface area contributed by atoms with Gasteiger partial charge in [-0.15, -0.1) is 11.3 Å². The molecule has 0 saturated carbocycles. The molecule has 5 nitrogen and oxygen atoms in total. The molecule has 0 aliphatic carbocycles. The molecule has 1 N–H and O–H groups in total. The van der Waals surface area contributed by atoms with Crippen molar-refractivity contribution in [1.29, 1.82) is 0 Å². The number of hydrogen-bond donors (Lipinski definition) is 1. The number of oxazole rings is 1. The number of nitrogens with zero attached hydrogens (tertiary/aromatic N) is 3. The zero-order chi connectivity index (χ0) is 16.1. The quantitative estimate of drug-likeness (QED) is 0.772. The van der Waals surface area contributed by atoms with Crippen LogP contribution in [0, 0.1) is 6.92 Å². The second-order valence-electron chi connectivity index (χ2n) is 6.89. The van der Waals surface area contributed by atoms with Gasteiger partial charge in [-0.1, -0.05) is 6.42 Å². The lowest BCUT2D eigenvalue weighted by molar-refractivity contribution is 0.276. The molecule has 2 aromatic heterocycles. The van der Waals surface area contributed by atoms with Crippen LogP contribution in [0.2, 0.25) is 0 Å². The zero-order valence-electron chi connectivity index (χ0n) is 13.7. The average molecular weight is 340 g/mol. The smallest absolute Gasteiger partial charge is 0.298 e. The number of hydrogen-bond acceptors (Lipinski definition) is 6. The van der Waals surface area contributed by atoms with E-state index < -0.39 is 0 Å². The maximum Gasteiger partial charge on any atom is 0.298 e. The number of aryl methyl sites for hydroxylation is 1. The molecule has 2 bridgehead atoms. The highest BCUT2D eigenvalue weighted by molar-refractivity contribution is 7.13. The van der Waals surface area contributed by atoms with Crippen molar-refractivity contribution >= 4 is 28.5 Å². The number of fused-ring (bicyclic) bond motifs is 3. The van der Waals surface area contributed by atoms with Crippen LogP contribution in [0.3, 0.4) is 0 Å². The predicted molar refractivity (Wildman–Crippen MR) is 96.6 cm³/mol. The Kier molecular flexibility index (Phi) is 3.35. The van der Waals surface area contributed by atoms with Crippen molar-refractivity contribution in [1.82, 2.24) is 15.3 Å². The molecular formula is C18H20N4OS. The largest absolute Gasteiger partial charge is 0.423 e. The Labute approximate surface area is 144 Å². The summed E-state index contributed by atoms with van der Waals surface area (Å²) in [5.74, 6) is 0. The highest BCUT2D eigenvalue weighted by atomic mass is 32.1. The van der Waals surface area contributed by atoms with Crippen molar-refractivity contribution in [2.24, 2.45) is 0 Å². The molecular weight excluding hydrogens is 320 g/mol. The number of nitrogens with one attached hydrogen (secondary N) is 1. The predicted octanol–water partition coefficient (Wildman–Crippen LogP) is 3.59. The Morgan fingerprint density at radius 2 is 2.08 bits per heavy atom. The van der Waals surface area contributed by atoms with Crippen LogP contribution in [0.15, 0.2) is 28.1 Å². The van der Waals surface area contributed by atoms with Gasteiger partial charge in [0.25, 0.3) is 6.01 Å². The molecule has 124 valence electrons. The van der Waals surface area contributed by atoms with E-state index in [1.165, 1.54) is 24.8 Å². The van der Waals surface area contributed by atoms with Crippen LogP contribution < -0.4 is 10.2 Å². The summed E-state index contributed by atoms with van der Waals surface area (Å²) < 4.78 is 6.24. The third-order valence-electron chi connectivity index (χ3n) is 5.01. The lowest BCUT2D eigenvalue weighted by Crippen LogP contribution is -2.58. The fourth-order valence-corrected chi connectivity index (χ4v) is 4.62. The van der Waals surface area contributed by atoms with E-state index in [0.717, 1.165) is 40.8 Å². The van der Waals surface area contributed by atoms with Crippen LogP contribution in [0.25, 0.3) is 21.7 Å². The second kappa shape index (κ2) is 5.57. The zero-order valence-corrected chi connectivity index (χ0v) is 14.5. The SMILES string of the molecule is Cc1cc(-c2nccs2)c2oc(N3CC4CCCC(C3)N4)nc2c1. The standard InChI is InChI=1S/C18H20N4OS/c1-11-7-14(17-19-5-6-24-17)16-15(8-11)21-18(23-16)22-9-12-3-2-4-13(10-22)20-12/h5-8,12-13,20H,2-4,9-10H2,1H3. The number of piperazine rings is 1. The van der Waals surface area contributed by atoms with E-state index in [2.05, 4.69) is 34.3 Å². The first-order chi connectivity index (χ1) is 11.8. The van der Waals surface area contributed by atoms with Gasteiger partial charge in [0.15, 0.2) is 5.58 Å². The summed E-state index contributed by atoms with van der Waals surface area (Å²) in [6.07, 6.45) is 5.66. The van der Waals surface area contributed by atoms with Gasteiger partial charge in [0, 0.05) is 36.8 Å². The van der Waals surface area contributed by atoms with Crippen molar-refractivity contribution in [2.75, 3.05) is 18.0 Å². The van der Waals surface area contributed by atoms with E-state index in [9.17, 15) is 0 Å². The van der Waals surface area contributed by atoms with Gasteiger partial charge in [0.2, 0.25) is 0 Å². The van der Waals surface area contributed by atoms with E-state index in [4.69, 9.17) is 9.40 Å². The Balaban J connectivity index is 1.57. The molecule has 2 atom stereocenters. The maximum atomic E-state index is 6.24. The third-order valence-corrected chi connectivity index (χ3v) is 5.82. The fraction of sp³-hybridized carbons (Fsp3) is 0.444. The number of piperidine rings is 1. The van der Waals surface area contributed by atoms with Crippen molar-refractivity contribution in [3.63, 3.8) is 0 Å². The number of aromatic nitrogens is 2. The van der Waals surface area contributed by atoms with Gasteiger partial charge in [-0.25, -0.2) is 4.98 Å². The van der Waals surface area contributed by atoms with Crippen LogP contribution in [-0.4, -0.2) is 35.1 Å². The molecule has 2 unspecified atom stereocenters. The summed E-state index contributed by atoms with van der Waals surface area (Å²) >= 11 is 1.64. The third kappa shape index (κ3) is 2.41. The molecule has 3 aromatic rings. The van der Waals surface area contributed by atoms with Gasteiger partial charge in [-0.05, 0) is 37.5 Å². The van der Waals surface area contributed by atoms with Crippen molar-refractivity contribution < 1.29 is 4.42 Å². The second-order valence-corrected chi connectivity index (χ2v) is 7.79. The minimum absolute atomic E-state index is 0.563. The number of anilines is 1. The summed E-state index contributed by atoms with van der Waals surface area (Å²) in [4.78, 5) is 11.6. The summed E-state index contributed by atoms with van der Waals surface area (Å²) in [6.45, 7) is 4.06. The lowest BCUT2D eigenvalue weighted by Gasteiger charge is -2.41. The Morgan fingerprint density at radius 3 is 2.83 bits per heavy atom. The molecule has 2 fully saturated rings. The minimum Gasteiger partial charge on any atom is -0.423 e. The first-order valence-corrected chi connectivity index (χ1v) is 9.46. The van der Waals surface area contributed by atoms with Gasteiger partial charge < -0.3 is 14.6 Å². The normalized spacial score (nSPS) is 23.8. The fourth-order valence-electron chi connectivity index (χ4n) is 3.97. The number of rotatable bonds is 2. The van der Waals surface area contributed by atoms with E-state index in [-0.39, 0.29) is 0 Å². The molecule has 2 aliphatic rings. The van der Waals surface area contributed by atoms with Gasteiger partial charge in [-0.3, -0.25) is 0 Å². The molecule has 1 aromatic carbocycles. The average Bonchev–Trinajstić information content (AvgIpc) is 3.23. The van der Waals surface area contributed by atoms with Crippen molar-refractivity contribution in [2.45, 2.75) is 38.3 Å². The van der Waals surface area contributed by atoms with Gasteiger partial charge in [0.1, 0.15) is 10.5 Å². The topological polar surface area (TPSA) is 54.2 Å². The number of benzene rings is 1. The van der Waals surface area contributed by atoms with E-state index in [1.54, 1.807) is 11.3 Å². The van der Waals surface area contributed by atoms with E-state index >= 15 is 0 Å². The first-order valence-electron chi connectivity index (χ1n) is 8.58. The molecule has 0 radical (unpaired) electrons. The first kappa shape index (κ1) is 14.4. The summed E-state index contributed by atoms with van der Waals surface area (Å²) in [7, 11) is 0. The van der Waals surface area contributed by atoms with Crippen LogP contribution in [0.5, 0.6) is 0 Å². The molecule has 2 aliphatic heterocycles. The lowest BCUT2D eigenvalue weighted by atomic mass is 9.94. The summed E-state index contributed by atoms with van der Waals surface area (Å²) in [5, 5.41) is 6.70. The highest BCUT2D eigenvalue weighted by Gasteiger charge is 2.32. The van der Waals surface area contributed by atoms with Gasteiger partial charge in [-0.2, -0.15) is 4.98 Å². The van der Waals surface area contributed by atoms with Crippen molar-refractivity contribution in [3.8, 4) is 10.6 Å². The molecule has 5 rings (SSSR count). The minimum atomic E-state index is 0.563. The molecule has 6 heteroatoms. The maximum absolute atomic E-state index is 6.24. The molecule has 24 heavy (non-hydrogen) atoms. The number of thiazole rings is 1. The Bertz CT molecular complexity index is 861. The van der Waals surface area contributed by atoms with E-state index in [0.29, 0.717) is 12.1 Å². The molecule has 0 amide bonds. The van der Waals surface area contributed by atoms with Crippen LogP contribution in [0.4, 0.5) is 6.01 Å². The van der Waals surface area contributed by atoms with E-state index in [1.807, 2.05) is 11.6 Å². The van der Waals surface area contributed by atoms with Crippen molar-refractivity contribution in [3.05, 3.63) is 29.3 Å². The molecule has 0 spiro atoms. The Morgan fingerprint density at radius 1 is 1.25 bits per heavy atom. The Hall–Kier alpha value is -1.92. The van der Waals surface area contributed by atoms with Gasteiger partial charge >= 0.3 is 0 Å². The molecule has 2 saturated heterocycles. The van der Waals surface area contributed by atoms with Gasteiger partial charge in [0.05, 0.1) is 5.56 Å². The highest BCUT2D eigenvalue weighted by Crippen LogP contribution is 2.35. The van der Waals surface area contributed by atoms with Crippen LogP contribution in [-0.2, 0) is 0 Å². The molecule has 4 heterocycles. The van der Waals surface area contributed by atoms with Crippen LogP contribution >= 0.6 is 11.3 Å². The monoisotopic (exact) mass is 340 g/mol.